The quantitative estimate of drug-likeness (QED) is 0.684. The molecule has 0 fully saturated rings. The maximum atomic E-state index is 11.2. The summed E-state index contributed by atoms with van der Waals surface area (Å²) in [5.41, 5.74) is 5.96. The molecule has 0 saturated carbocycles. The summed E-state index contributed by atoms with van der Waals surface area (Å²) in [6, 6.07) is -0.523. The van der Waals surface area contributed by atoms with Gasteiger partial charge in [0.1, 0.15) is 6.04 Å². The zero-order chi connectivity index (χ0) is 11.3. The number of methoxy groups -OCH3 is 1. The standard InChI is InChI=1S/C9H15N3O2S/c1-6-12-7(5-15-6)8(9(10)13)11-3-4-14-2/h5,8,11H,3-4H2,1-2H3,(H2,10,13). The van der Waals surface area contributed by atoms with Crippen molar-refractivity contribution in [2.24, 2.45) is 5.73 Å². The van der Waals surface area contributed by atoms with Crippen LogP contribution in [0.5, 0.6) is 0 Å². The van der Waals surface area contributed by atoms with Crippen LogP contribution in [0, 0.1) is 6.92 Å². The molecular formula is C9H15N3O2S. The molecule has 0 aliphatic heterocycles. The van der Waals surface area contributed by atoms with Crippen LogP contribution in [0.4, 0.5) is 0 Å². The Balaban J connectivity index is 2.62. The second-order valence-corrected chi connectivity index (χ2v) is 4.14. The van der Waals surface area contributed by atoms with Crippen LogP contribution < -0.4 is 11.1 Å². The summed E-state index contributed by atoms with van der Waals surface area (Å²) >= 11 is 1.50. The van der Waals surface area contributed by atoms with E-state index in [0.29, 0.717) is 18.8 Å². The average Bonchev–Trinajstić information content (AvgIpc) is 2.59. The molecule has 0 bridgehead atoms. The lowest BCUT2D eigenvalue weighted by molar-refractivity contribution is -0.120. The van der Waals surface area contributed by atoms with Crippen LogP contribution in [0.2, 0.25) is 0 Å². The molecule has 0 radical (unpaired) electrons. The number of nitrogens with one attached hydrogen (secondary N) is 1. The third-order valence-electron chi connectivity index (χ3n) is 1.87. The first kappa shape index (κ1) is 12.1. The smallest absolute Gasteiger partial charge is 0.240 e. The fourth-order valence-electron chi connectivity index (χ4n) is 1.17. The monoisotopic (exact) mass is 229 g/mol. The summed E-state index contributed by atoms with van der Waals surface area (Å²) in [4.78, 5) is 15.4. The molecule has 0 aromatic carbocycles. The van der Waals surface area contributed by atoms with Crippen molar-refractivity contribution < 1.29 is 9.53 Å². The zero-order valence-electron chi connectivity index (χ0n) is 8.82. The molecule has 1 aromatic heterocycles. The number of ether oxygens (including phenoxy) is 1. The highest BCUT2D eigenvalue weighted by molar-refractivity contribution is 7.09. The van der Waals surface area contributed by atoms with Crippen LogP contribution in [0.3, 0.4) is 0 Å². The van der Waals surface area contributed by atoms with Gasteiger partial charge in [0, 0.05) is 19.0 Å². The minimum absolute atomic E-state index is 0.420. The van der Waals surface area contributed by atoms with Gasteiger partial charge < -0.3 is 10.5 Å². The van der Waals surface area contributed by atoms with Crippen molar-refractivity contribution in [3.05, 3.63) is 16.1 Å². The molecular weight excluding hydrogens is 214 g/mol. The predicted molar refractivity (Wildman–Crippen MR) is 58.7 cm³/mol. The Hall–Kier alpha value is -0.980. The lowest BCUT2D eigenvalue weighted by atomic mass is 10.2. The first-order valence-electron chi connectivity index (χ1n) is 4.59. The minimum Gasteiger partial charge on any atom is -0.383 e. The topological polar surface area (TPSA) is 77.2 Å². The zero-order valence-corrected chi connectivity index (χ0v) is 9.63. The second-order valence-electron chi connectivity index (χ2n) is 3.07. The summed E-state index contributed by atoms with van der Waals surface area (Å²) in [5, 5.41) is 5.75. The van der Waals surface area contributed by atoms with Crippen molar-refractivity contribution in [3.8, 4) is 0 Å². The van der Waals surface area contributed by atoms with Gasteiger partial charge in [-0.2, -0.15) is 0 Å². The van der Waals surface area contributed by atoms with Crippen LogP contribution in [-0.4, -0.2) is 31.2 Å². The number of hydrogen-bond acceptors (Lipinski definition) is 5. The van der Waals surface area contributed by atoms with E-state index in [1.54, 1.807) is 7.11 Å². The normalized spacial score (nSPS) is 12.7. The van der Waals surface area contributed by atoms with Gasteiger partial charge in [0.05, 0.1) is 17.3 Å². The molecule has 84 valence electrons. The number of rotatable bonds is 6. The van der Waals surface area contributed by atoms with E-state index in [1.807, 2.05) is 12.3 Å². The summed E-state index contributed by atoms with van der Waals surface area (Å²) in [6.45, 7) is 2.99. The van der Waals surface area contributed by atoms with Gasteiger partial charge in [0.25, 0.3) is 0 Å². The molecule has 1 unspecified atom stereocenters. The van der Waals surface area contributed by atoms with E-state index in [0.717, 1.165) is 5.01 Å². The lowest BCUT2D eigenvalue weighted by Gasteiger charge is -2.12. The molecule has 0 aliphatic rings. The number of thiazole rings is 1. The number of nitrogens with two attached hydrogens (primary N) is 1. The second kappa shape index (κ2) is 5.79. The van der Waals surface area contributed by atoms with E-state index >= 15 is 0 Å². The Bertz CT molecular complexity index is 327. The van der Waals surface area contributed by atoms with Gasteiger partial charge >= 0.3 is 0 Å². The van der Waals surface area contributed by atoms with E-state index in [1.165, 1.54) is 11.3 Å². The van der Waals surface area contributed by atoms with Gasteiger partial charge in [-0.15, -0.1) is 11.3 Å². The number of nitrogens with zero attached hydrogens (tertiary/aromatic N) is 1. The van der Waals surface area contributed by atoms with Gasteiger partial charge in [0.15, 0.2) is 0 Å². The van der Waals surface area contributed by atoms with Gasteiger partial charge in [-0.25, -0.2) is 4.98 Å². The Morgan fingerprint density at radius 2 is 2.53 bits per heavy atom. The highest BCUT2D eigenvalue weighted by atomic mass is 32.1. The largest absolute Gasteiger partial charge is 0.383 e. The van der Waals surface area contributed by atoms with E-state index in [2.05, 4.69) is 10.3 Å². The number of amides is 1. The molecule has 5 nitrogen and oxygen atoms in total. The van der Waals surface area contributed by atoms with Crippen LogP contribution in [0.25, 0.3) is 0 Å². The maximum Gasteiger partial charge on any atom is 0.240 e. The number of primary amides is 1. The summed E-state index contributed by atoms with van der Waals surface area (Å²) < 4.78 is 4.88. The molecule has 1 amide bonds. The lowest BCUT2D eigenvalue weighted by Crippen LogP contribution is -2.35. The summed E-state index contributed by atoms with van der Waals surface area (Å²) in [5.74, 6) is -0.420. The number of hydrogen-bond donors (Lipinski definition) is 2. The Morgan fingerprint density at radius 1 is 1.80 bits per heavy atom. The van der Waals surface area contributed by atoms with E-state index < -0.39 is 11.9 Å². The van der Waals surface area contributed by atoms with Crippen molar-refractivity contribution in [1.29, 1.82) is 0 Å². The fraction of sp³-hybridized carbons (Fsp3) is 0.556. The summed E-state index contributed by atoms with van der Waals surface area (Å²) in [6.07, 6.45) is 0. The van der Waals surface area contributed by atoms with Crippen molar-refractivity contribution in [2.45, 2.75) is 13.0 Å². The van der Waals surface area contributed by atoms with Crippen molar-refractivity contribution in [2.75, 3.05) is 20.3 Å². The van der Waals surface area contributed by atoms with Crippen LogP contribution in [0.1, 0.15) is 16.7 Å². The van der Waals surface area contributed by atoms with Gasteiger partial charge in [-0.05, 0) is 6.92 Å². The molecule has 1 heterocycles. The highest BCUT2D eigenvalue weighted by Crippen LogP contribution is 2.15. The first-order chi connectivity index (χ1) is 7.15. The Kier molecular flexibility index (Phi) is 4.67. The Morgan fingerprint density at radius 3 is 3.00 bits per heavy atom. The third kappa shape index (κ3) is 3.58. The molecule has 1 aromatic rings. The average molecular weight is 229 g/mol. The molecule has 3 N–H and O–H groups in total. The van der Waals surface area contributed by atoms with Crippen molar-refractivity contribution in [3.63, 3.8) is 0 Å². The molecule has 0 saturated heterocycles. The third-order valence-corrected chi connectivity index (χ3v) is 2.66. The molecule has 15 heavy (non-hydrogen) atoms. The molecule has 1 atom stereocenters. The number of aromatic nitrogens is 1. The molecule has 0 spiro atoms. The van der Waals surface area contributed by atoms with Crippen molar-refractivity contribution in [1.82, 2.24) is 10.3 Å². The van der Waals surface area contributed by atoms with E-state index in [-0.39, 0.29) is 0 Å². The number of aryl methyl sites for hydroxylation is 1. The van der Waals surface area contributed by atoms with Gasteiger partial charge in [0.2, 0.25) is 5.91 Å². The number of carbonyl (C=O) groups excluding carboxylic acids is 1. The maximum absolute atomic E-state index is 11.2. The SMILES string of the molecule is COCCNC(C(N)=O)c1csc(C)n1. The minimum atomic E-state index is -0.523. The van der Waals surface area contributed by atoms with E-state index in [9.17, 15) is 4.79 Å². The van der Waals surface area contributed by atoms with Crippen LogP contribution in [0.15, 0.2) is 5.38 Å². The van der Waals surface area contributed by atoms with Crippen molar-refractivity contribution >= 4 is 17.2 Å². The predicted octanol–water partition coefficient (Wildman–Crippen LogP) is 0.214. The van der Waals surface area contributed by atoms with Crippen LogP contribution in [-0.2, 0) is 9.53 Å². The van der Waals surface area contributed by atoms with E-state index in [4.69, 9.17) is 10.5 Å². The highest BCUT2D eigenvalue weighted by Gasteiger charge is 2.19. The molecule has 1 rings (SSSR count). The summed E-state index contributed by atoms with van der Waals surface area (Å²) in [7, 11) is 1.61. The van der Waals surface area contributed by atoms with Gasteiger partial charge in [-0.3, -0.25) is 10.1 Å². The van der Waals surface area contributed by atoms with Crippen LogP contribution >= 0.6 is 11.3 Å². The number of carbonyl (C=O) groups is 1. The van der Waals surface area contributed by atoms with Gasteiger partial charge in [-0.1, -0.05) is 0 Å². The molecule has 0 aliphatic carbocycles. The Labute approximate surface area is 92.6 Å². The molecule has 6 heteroatoms. The fourth-order valence-corrected chi connectivity index (χ4v) is 1.81. The first-order valence-corrected chi connectivity index (χ1v) is 5.46.